The van der Waals surface area contributed by atoms with Gasteiger partial charge in [-0.25, -0.2) is 0 Å². The maximum atomic E-state index is 13.2. The van der Waals surface area contributed by atoms with E-state index in [0.717, 1.165) is 32.4 Å². The number of hydrogen-bond donors (Lipinski definition) is 1. The second-order valence-corrected chi connectivity index (χ2v) is 6.14. The van der Waals surface area contributed by atoms with Crippen molar-refractivity contribution < 1.29 is 18.0 Å². The summed E-state index contributed by atoms with van der Waals surface area (Å²) < 4.78 is 39.5. The lowest BCUT2D eigenvalue weighted by molar-refractivity contribution is -0.201. The molecule has 1 amide bonds. The summed E-state index contributed by atoms with van der Waals surface area (Å²) in [5, 5.41) is 3.23. The zero-order chi connectivity index (χ0) is 15.5. The Hall–Kier alpha value is -0.780. The molecule has 6 heteroatoms. The van der Waals surface area contributed by atoms with Gasteiger partial charge >= 0.3 is 6.18 Å². The number of alkyl halides is 3. The van der Waals surface area contributed by atoms with Crippen molar-refractivity contribution in [2.45, 2.75) is 57.7 Å². The van der Waals surface area contributed by atoms with Gasteiger partial charge in [0.2, 0.25) is 5.91 Å². The van der Waals surface area contributed by atoms with E-state index < -0.39 is 18.0 Å². The number of carbonyl (C=O) groups excluding carboxylic acids is 1. The van der Waals surface area contributed by atoms with E-state index in [4.69, 9.17) is 0 Å². The van der Waals surface area contributed by atoms with Gasteiger partial charge in [0.25, 0.3) is 0 Å². The summed E-state index contributed by atoms with van der Waals surface area (Å²) in [6.45, 7) is 4.04. The molecule has 2 unspecified atom stereocenters. The third kappa shape index (κ3) is 3.90. The Labute approximate surface area is 124 Å². The first-order chi connectivity index (χ1) is 9.95. The van der Waals surface area contributed by atoms with Crippen molar-refractivity contribution in [2.24, 2.45) is 11.8 Å². The van der Waals surface area contributed by atoms with E-state index in [1.165, 1.54) is 0 Å². The van der Waals surface area contributed by atoms with Crippen molar-refractivity contribution in [2.75, 3.05) is 19.6 Å². The Morgan fingerprint density at radius 2 is 1.76 bits per heavy atom. The van der Waals surface area contributed by atoms with Crippen molar-refractivity contribution >= 4 is 5.91 Å². The minimum atomic E-state index is -4.26. The van der Waals surface area contributed by atoms with Gasteiger partial charge in [0, 0.05) is 18.5 Å². The molecule has 0 radical (unpaired) electrons. The molecule has 3 nitrogen and oxygen atoms in total. The molecular formula is C15H25F3N2O. The monoisotopic (exact) mass is 306 g/mol. The SMILES string of the molecule is CCN(C(=O)C1CCCCC1C(F)(F)F)C1CCNCC1. The van der Waals surface area contributed by atoms with Crippen molar-refractivity contribution in [3.05, 3.63) is 0 Å². The van der Waals surface area contributed by atoms with Crippen molar-refractivity contribution in [3.8, 4) is 0 Å². The fourth-order valence-electron chi connectivity index (χ4n) is 3.74. The van der Waals surface area contributed by atoms with Crippen molar-refractivity contribution in [3.63, 3.8) is 0 Å². The molecule has 2 atom stereocenters. The van der Waals surface area contributed by atoms with Gasteiger partial charge in [-0.1, -0.05) is 12.8 Å². The highest BCUT2D eigenvalue weighted by molar-refractivity contribution is 5.79. The van der Waals surface area contributed by atoms with Crippen LogP contribution in [0.5, 0.6) is 0 Å². The Bertz CT molecular complexity index is 353. The van der Waals surface area contributed by atoms with E-state index in [-0.39, 0.29) is 18.4 Å². The number of rotatable bonds is 3. The summed E-state index contributed by atoms with van der Waals surface area (Å²) >= 11 is 0. The zero-order valence-electron chi connectivity index (χ0n) is 12.6. The maximum absolute atomic E-state index is 13.2. The van der Waals surface area contributed by atoms with Crippen LogP contribution in [-0.2, 0) is 4.79 Å². The molecule has 0 bridgehead atoms. The van der Waals surface area contributed by atoms with Crippen molar-refractivity contribution in [1.29, 1.82) is 0 Å². The summed E-state index contributed by atoms with van der Waals surface area (Å²) in [6, 6.07) is 0.0968. The Kier molecular flexibility index (Phi) is 5.52. The molecule has 2 fully saturated rings. The highest BCUT2D eigenvalue weighted by atomic mass is 19.4. The topological polar surface area (TPSA) is 32.3 Å². The summed E-state index contributed by atoms with van der Waals surface area (Å²) in [5.41, 5.74) is 0. The molecular weight excluding hydrogens is 281 g/mol. The van der Waals surface area contributed by atoms with E-state index in [2.05, 4.69) is 5.32 Å². The van der Waals surface area contributed by atoms with Crippen LogP contribution in [0.15, 0.2) is 0 Å². The first kappa shape index (κ1) is 16.6. The molecule has 2 rings (SSSR count). The number of halogens is 3. The third-order valence-electron chi connectivity index (χ3n) is 4.88. The van der Waals surface area contributed by atoms with Crippen LogP contribution in [-0.4, -0.2) is 42.7 Å². The highest BCUT2D eigenvalue weighted by Gasteiger charge is 2.49. The van der Waals surface area contributed by atoms with Crippen LogP contribution in [0.25, 0.3) is 0 Å². The first-order valence-corrected chi connectivity index (χ1v) is 8.03. The molecule has 0 aromatic heterocycles. The lowest BCUT2D eigenvalue weighted by Crippen LogP contribution is -2.51. The molecule has 1 heterocycles. The summed E-state index contributed by atoms with van der Waals surface area (Å²) in [5.74, 6) is -2.59. The molecule has 0 aromatic rings. The van der Waals surface area contributed by atoms with E-state index in [1.807, 2.05) is 6.92 Å². The largest absolute Gasteiger partial charge is 0.392 e. The molecule has 21 heavy (non-hydrogen) atoms. The van der Waals surface area contributed by atoms with Gasteiger partial charge in [-0.05, 0) is 45.7 Å². The van der Waals surface area contributed by atoms with E-state index in [9.17, 15) is 18.0 Å². The second-order valence-electron chi connectivity index (χ2n) is 6.14. The molecule has 1 aliphatic heterocycles. The van der Waals surface area contributed by atoms with Gasteiger partial charge in [0.05, 0.1) is 5.92 Å². The predicted molar refractivity (Wildman–Crippen MR) is 74.8 cm³/mol. The van der Waals surface area contributed by atoms with Gasteiger partial charge in [-0.2, -0.15) is 13.2 Å². The van der Waals surface area contributed by atoms with E-state index >= 15 is 0 Å². The number of nitrogens with zero attached hydrogens (tertiary/aromatic N) is 1. The van der Waals surface area contributed by atoms with Crippen LogP contribution in [0.2, 0.25) is 0 Å². The molecule has 1 N–H and O–H groups in total. The number of amides is 1. The Morgan fingerprint density at radius 3 is 2.33 bits per heavy atom. The second kappa shape index (κ2) is 6.99. The molecule has 1 aliphatic carbocycles. The first-order valence-electron chi connectivity index (χ1n) is 8.03. The van der Waals surface area contributed by atoms with Crippen LogP contribution in [0.4, 0.5) is 13.2 Å². The third-order valence-corrected chi connectivity index (χ3v) is 4.88. The molecule has 2 aliphatic rings. The fourth-order valence-corrected chi connectivity index (χ4v) is 3.74. The van der Waals surface area contributed by atoms with Gasteiger partial charge in [0.1, 0.15) is 0 Å². The number of piperidine rings is 1. The lowest BCUT2D eigenvalue weighted by Gasteiger charge is -2.39. The fraction of sp³-hybridized carbons (Fsp3) is 0.933. The Balaban J connectivity index is 2.10. The summed E-state index contributed by atoms with van der Waals surface area (Å²) in [4.78, 5) is 14.4. The minimum Gasteiger partial charge on any atom is -0.340 e. The average molecular weight is 306 g/mol. The predicted octanol–water partition coefficient (Wildman–Crippen LogP) is 2.96. The normalized spacial score (nSPS) is 28.4. The van der Waals surface area contributed by atoms with Gasteiger partial charge in [0.15, 0.2) is 0 Å². The molecule has 1 saturated carbocycles. The smallest absolute Gasteiger partial charge is 0.340 e. The average Bonchev–Trinajstić information content (AvgIpc) is 2.48. The quantitative estimate of drug-likeness (QED) is 0.869. The molecule has 122 valence electrons. The lowest BCUT2D eigenvalue weighted by atomic mass is 9.77. The Morgan fingerprint density at radius 1 is 1.14 bits per heavy atom. The zero-order valence-corrected chi connectivity index (χ0v) is 12.6. The van der Waals surface area contributed by atoms with Crippen LogP contribution >= 0.6 is 0 Å². The van der Waals surface area contributed by atoms with E-state index in [0.29, 0.717) is 19.4 Å². The van der Waals surface area contributed by atoms with Crippen molar-refractivity contribution in [1.82, 2.24) is 10.2 Å². The molecule has 1 saturated heterocycles. The molecule has 0 spiro atoms. The summed E-state index contributed by atoms with van der Waals surface area (Å²) in [7, 11) is 0. The maximum Gasteiger partial charge on any atom is 0.392 e. The number of hydrogen-bond acceptors (Lipinski definition) is 2. The molecule has 0 aromatic carbocycles. The van der Waals surface area contributed by atoms with Gasteiger partial charge < -0.3 is 10.2 Å². The van der Waals surface area contributed by atoms with E-state index in [1.54, 1.807) is 4.90 Å². The standard InChI is InChI=1S/C15H25F3N2O/c1-2-20(11-7-9-19-10-8-11)14(21)12-5-3-4-6-13(12)15(16,17)18/h11-13,19H,2-10H2,1H3. The van der Waals surface area contributed by atoms with Crippen LogP contribution in [0, 0.1) is 11.8 Å². The van der Waals surface area contributed by atoms with Crippen LogP contribution in [0.3, 0.4) is 0 Å². The van der Waals surface area contributed by atoms with Crippen LogP contribution < -0.4 is 5.32 Å². The van der Waals surface area contributed by atoms with Gasteiger partial charge in [-0.15, -0.1) is 0 Å². The highest BCUT2D eigenvalue weighted by Crippen LogP contribution is 2.42. The summed E-state index contributed by atoms with van der Waals surface area (Å²) in [6.07, 6.45) is -0.797. The number of nitrogens with one attached hydrogen (secondary N) is 1. The van der Waals surface area contributed by atoms with Crippen LogP contribution in [0.1, 0.15) is 45.4 Å². The van der Waals surface area contributed by atoms with Gasteiger partial charge in [-0.3, -0.25) is 4.79 Å². The minimum absolute atomic E-state index is 0.0968. The number of carbonyl (C=O) groups is 1.